The molecule has 2 rings (SSSR count). The quantitative estimate of drug-likeness (QED) is 0.705. The summed E-state index contributed by atoms with van der Waals surface area (Å²) in [5.74, 6) is 2.42. The Labute approximate surface area is 129 Å². The molecule has 0 heterocycles. The molecule has 1 aliphatic rings. The van der Waals surface area contributed by atoms with Crippen molar-refractivity contribution in [3.8, 4) is 5.75 Å². The van der Waals surface area contributed by atoms with Crippen LogP contribution in [-0.4, -0.2) is 33.4 Å². The summed E-state index contributed by atoms with van der Waals surface area (Å²) in [6.45, 7) is 5.73. The van der Waals surface area contributed by atoms with Crippen LogP contribution in [-0.2, 0) is 4.74 Å². The van der Waals surface area contributed by atoms with Crippen LogP contribution in [0, 0.1) is 5.92 Å². The summed E-state index contributed by atoms with van der Waals surface area (Å²) in [5, 5.41) is 3.59. The van der Waals surface area contributed by atoms with Crippen LogP contribution in [0.3, 0.4) is 0 Å². The molecule has 3 nitrogen and oxygen atoms in total. The number of hydrogen-bond acceptors (Lipinski definition) is 3. The second-order valence-electron chi connectivity index (χ2n) is 5.88. The van der Waals surface area contributed by atoms with Crippen LogP contribution in [0.15, 0.2) is 24.3 Å². The van der Waals surface area contributed by atoms with Gasteiger partial charge in [0.25, 0.3) is 0 Å². The van der Waals surface area contributed by atoms with E-state index in [1.165, 1.54) is 31.2 Å². The summed E-state index contributed by atoms with van der Waals surface area (Å²) in [6.07, 6.45) is 5.14. The molecule has 0 aromatic heterocycles. The standard InChI is InChI=1S/C18H29NO2/c1-3-11-19-14-15-7-6-9-16(15)17-8-4-5-10-18(17)21-13-12-20-2/h4-5,8,10,15-16,19H,3,6-7,9,11-14H2,1-2H3. The molecule has 2 atom stereocenters. The first-order valence-corrected chi connectivity index (χ1v) is 8.28. The van der Waals surface area contributed by atoms with E-state index >= 15 is 0 Å². The predicted molar refractivity (Wildman–Crippen MR) is 87.1 cm³/mol. The van der Waals surface area contributed by atoms with Crippen molar-refractivity contribution in [2.45, 2.75) is 38.5 Å². The van der Waals surface area contributed by atoms with E-state index in [1.807, 2.05) is 0 Å². The lowest BCUT2D eigenvalue weighted by Crippen LogP contribution is -2.25. The van der Waals surface area contributed by atoms with E-state index in [4.69, 9.17) is 9.47 Å². The Balaban J connectivity index is 2.01. The van der Waals surface area contributed by atoms with Crippen molar-refractivity contribution in [1.29, 1.82) is 0 Å². The fraction of sp³-hybridized carbons (Fsp3) is 0.667. The van der Waals surface area contributed by atoms with E-state index < -0.39 is 0 Å². The van der Waals surface area contributed by atoms with Crippen LogP contribution in [0.1, 0.15) is 44.1 Å². The molecule has 118 valence electrons. The molecule has 0 aliphatic heterocycles. The van der Waals surface area contributed by atoms with Crippen LogP contribution in [0.5, 0.6) is 5.75 Å². The van der Waals surface area contributed by atoms with Crippen LogP contribution < -0.4 is 10.1 Å². The molecule has 0 bridgehead atoms. The SMILES string of the molecule is CCCNCC1CCCC1c1ccccc1OCCOC. The molecule has 0 saturated heterocycles. The highest BCUT2D eigenvalue weighted by atomic mass is 16.5. The number of ether oxygens (including phenoxy) is 2. The highest BCUT2D eigenvalue weighted by molar-refractivity contribution is 5.37. The van der Waals surface area contributed by atoms with E-state index in [9.17, 15) is 0 Å². The molecule has 1 aliphatic carbocycles. The minimum absolute atomic E-state index is 0.624. The second-order valence-corrected chi connectivity index (χ2v) is 5.88. The molecule has 0 radical (unpaired) electrons. The molecule has 3 heteroatoms. The minimum atomic E-state index is 0.624. The fourth-order valence-corrected chi connectivity index (χ4v) is 3.31. The summed E-state index contributed by atoms with van der Waals surface area (Å²) in [7, 11) is 1.71. The van der Waals surface area contributed by atoms with Gasteiger partial charge < -0.3 is 14.8 Å². The summed E-state index contributed by atoms with van der Waals surface area (Å²) in [6, 6.07) is 8.53. The molecule has 1 aromatic carbocycles. The Morgan fingerprint density at radius 3 is 2.86 bits per heavy atom. The molecule has 0 spiro atoms. The van der Waals surface area contributed by atoms with Crippen LogP contribution in [0.25, 0.3) is 0 Å². The predicted octanol–water partition coefficient (Wildman–Crippen LogP) is 3.60. The van der Waals surface area contributed by atoms with Crippen LogP contribution >= 0.6 is 0 Å². The van der Waals surface area contributed by atoms with Gasteiger partial charge in [0.05, 0.1) is 6.61 Å². The molecule has 0 amide bonds. The number of rotatable bonds is 9. The van der Waals surface area contributed by atoms with Gasteiger partial charge in [-0.25, -0.2) is 0 Å². The van der Waals surface area contributed by atoms with Crippen LogP contribution in [0.4, 0.5) is 0 Å². The Morgan fingerprint density at radius 2 is 2.05 bits per heavy atom. The lowest BCUT2D eigenvalue weighted by atomic mass is 9.88. The number of para-hydroxylation sites is 1. The van der Waals surface area contributed by atoms with Crippen molar-refractivity contribution >= 4 is 0 Å². The Bertz CT molecular complexity index is 408. The maximum Gasteiger partial charge on any atom is 0.122 e. The van der Waals surface area contributed by atoms with Gasteiger partial charge in [-0.1, -0.05) is 31.5 Å². The summed E-state index contributed by atoms with van der Waals surface area (Å²) in [5.41, 5.74) is 1.38. The summed E-state index contributed by atoms with van der Waals surface area (Å²) in [4.78, 5) is 0. The minimum Gasteiger partial charge on any atom is -0.491 e. The lowest BCUT2D eigenvalue weighted by Gasteiger charge is -2.23. The summed E-state index contributed by atoms with van der Waals surface area (Å²) >= 11 is 0. The van der Waals surface area contributed by atoms with E-state index in [1.54, 1.807) is 7.11 Å². The first-order valence-electron chi connectivity index (χ1n) is 8.28. The smallest absolute Gasteiger partial charge is 0.122 e. The van der Waals surface area contributed by atoms with Crippen molar-refractivity contribution in [3.63, 3.8) is 0 Å². The fourth-order valence-electron chi connectivity index (χ4n) is 3.31. The number of hydrogen-bond donors (Lipinski definition) is 1. The molecular weight excluding hydrogens is 262 g/mol. The largest absolute Gasteiger partial charge is 0.491 e. The van der Waals surface area contributed by atoms with Gasteiger partial charge >= 0.3 is 0 Å². The van der Waals surface area contributed by atoms with Gasteiger partial charge in [-0.3, -0.25) is 0 Å². The zero-order valence-electron chi connectivity index (χ0n) is 13.4. The second kappa shape index (κ2) is 9.06. The van der Waals surface area contributed by atoms with E-state index in [0.29, 0.717) is 19.1 Å². The molecule has 1 fully saturated rings. The average molecular weight is 291 g/mol. The van der Waals surface area contributed by atoms with Crippen molar-refractivity contribution in [2.75, 3.05) is 33.4 Å². The zero-order chi connectivity index (χ0) is 14.9. The van der Waals surface area contributed by atoms with Gasteiger partial charge in [0, 0.05) is 7.11 Å². The van der Waals surface area contributed by atoms with Gasteiger partial charge in [-0.05, 0) is 55.8 Å². The molecule has 21 heavy (non-hydrogen) atoms. The van der Waals surface area contributed by atoms with E-state index in [0.717, 1.165) is 24.8 Å². The molecule has 1 aromatic rings. The monoisotopic (exact) mass is 291 g/mol. The third-order valence-electron chi connectivity index (χ3n) is 4.36. The average Bonchev–Trinajstić information content (AvgIpc) is 2.97. The maximum atomic E-state index is 5.92. The van der Waals surface area contributed by atoms with Crippen molar-refractivity contribution < 1.29 is 9.47 Å². The van der Waals surface area contributed by atoms with Crippen molar-refractivity contribution in [3.05, 3.63) is 29.8 Å². The first-order chi connectivity index (χ1) is 10.4. The van der Waals surface area contributed by atoms with Gasteiger partial charge in [-0.15, -0.1) is 0 Å². The van der Waals surface area contributed by atoms with E-state index in [2.05, 4.69) is 36.5 Å². The number of benzene rings is 1. The maximum absolute atomic E-state index is 5.92. The van der Waals surface area contributed by atoms with Crippen molar-refractivity contribution in [1.82, 2.24) is 5.32 Å². The topological polar surface area (TPSA) is 30.5 Å². The molecule has 2 unspecified atom stereocenters. The third kappa shape index (κ3) is 4.72. The van der Waals surface area contributed by atoms with E-state index in [-0.39, 0.29) is 0 Å². The van der Waals surface area contributed by atoms with Gasteiger partial charge in [0.15, 0.2) is 0 Å². The first kappa shape index (κ1) is 16.3. The van der Waals surface area contributed by atoms with Gasteiger partial charge in [0.2, 0.25) is 0 Å². The van der Waals surface area contributed by atoms with Gasteiger partial charge in [0.1, 0.15) is 12.4 Å². The highest BCUT2D eigenvalue weighted by Gasteiger charge is 2.30. The highest BCUT2D eigenvalue weighted by Crippen LogP contribution is 2.42. The molecular formula is C18H29NO2. The lowest BCUT2D eigenvalue weighted by molar-refractivity contribution is 0.145. The van der Waals surface area contributed by atoms with Gasteiger partial charge in [-0.2, -0.15) is 0 Å². The number of nitrogens with one attached hydrogen (secondary N) is 1. The van der Waals surface area contributed by atoms with Crippen molar-refractivity contribution in [2.24, 2.45) is 5.92 Å². The van der Waals surface area contributed by atoms with Crippen LogP contribution in [0.2, 0.25) is 0 Å². The summed E-state index contributed by atoms with van der Waals surface area (Å²) < 4.78 is 11.0. The zero-order valence-corrected chi connectivity index (χ0v) is 13.4. The Hall–Kier alpha value is -1.06. The molecule has 1 saturated carbocycles. The Morgan fingerprint density at radius 1 is 1.19 bits per heavy atom. The third-order valence-corrected chi connectivity index (χ3v) is 4.36. The number of methoxy groups -OCH3 is 1. The Kier molecular flexibility index (Phi) is 7.04. The normalized spacial score (nSPS) is 21.6. The molecule has 1 N–H and O–H groups in total.